The molecule has 0 aromatic rings. The number of allylic oxidation sites excluding steroid dienone is 4. The van der Waals surface area contributed by atoms with Gasteiger partial charge >= 0.3 is 5.97 Å². The Bertz CT molecular complexity index is 552. The van der Waals surface area contributed by atoms with E-state index in [-0.39, 0.29) is 5.41 Å². The van der Waals surface area contributed by atoms with Crippen LogP contribution in [0.25, 0.3) is 0 Å². The van der Waals surface area contributed by atoms with E-state index in [1.807, 2.05) is 6.92 Å². The second-order valence-corrected chi connectivity index (χ2v) is 8.51. The summed E-state index contributed by atoms with van der Waals surface area (Å²) in [7, 11) is 0. The lowest BCUT2D eigenvalue weighted by atomic mass is 9.46. The van der Waals surface area contributed by atoms with Gasteiger partial charge in [-0.1, -0.05) is 30.6 Å². The number of hydrogen-bond acceptors (Lipinski definition) is 1. The average Bonchev–Trinajstić information content (AvgIpc) is 2.46. The number of carbonyl (C=O) groups is 1. The molecule has 0 unspecified atom stereocenters. The summed E-state index contributed by atoms with van der Waals surface area (Å²) < 4.78 is 0. The Hall–Kier alpha value is -1.05. The highest BCUT2D eigenvalue weighted by molar-refractivity contribution is 5.75. The van der Waals surface area contributed by atoms with Gasteiger partial charge in [0.2, 0.25) is 0 Å². The molecule has 0 aliphatic heterocycles. The Morgan fingerprint density at radius 2 is 1.91 bits per heavy atom. The molecule has 2 saturated carbocycles. The third-order valence-electron chi connectivity index (χ3n) is 7.13. The topological polar surface area (TPSA) is 37.3 Å². The van der Waals surface area contributed by atoms with Gasteiger partial charge in [-0.2, -0.15) is 0 Å². The normalized spacial score (nSPS) is 41.3. The summed E-state index contributed by atoms with van der Waals surface area (Å²) in [6, 6.07) is 0. The van der Waals surface area contributed by atoms with E-state index in [1.165, 1.54) is 30.4 Å². The maximum absolute atomic E-state index is 12.0. The van der Waals surface area contributed by atoms with E-state index < -0.39 is 11.4 Å². The number of rotatable bonds is 1. The van der Waals surface area contributed by atoms with E-state index in [9.17, 15) is 9.90 Å². The van der Waals surface area contributed by atoms with Crippen LogP contribution in [0.5, 0.6) is 0 Å². The van der Waals surface area contributed by atoms with Crippen LogP contribution in [0.3, 0.4) is 0 Å². The van der Waals surface area contributed by atoms with Crippen molar-refractivity contribution in [3.8, 4) is 0 Å². The zero-order valence-electron chi connectivity index (χ0n) is 14.5. The zero-order valence-corrected chi connectivity index (χ0v) is 14.5. The molecule has 4 atom stereocenters. The molecule has 3 aliphatic rings. The number of hydrogen-bond donors (Lipinski definition) is 1. The molecular weight excluding hydrogens is 272 g/mol. The predicted molar refractivity (Wildman–Crippen MR) is 89.6 cm³/mol. The molecule has 3 rings (SSSR count). The maximum atomic E-state index is 12.0. The van der Waals surface area contributed by atoms with Crippen molar-refractivity contribution in [3.05, 3.63) is 22.8 Å². The molecule has 2 fully saturated rings. The van der Waals surface area contributed by atoms with Gasteiger partial charge in [0.05, 0.1) is 5.41 Å². The van der Waals surface area contributed by atoms with Crippen LogP contribution in [0.1, 0.15) is 72.6 Å². The van der Waals surface area contributed by atoms with Crippen molar-refractivity contribution < 1.29 is 9.90 Å². The molecule has 0 aromatic carbocycles. The van der Waals surface area contributed by atoms with Crippen LogP contribution in [-0.2, 0) is 4.79 Å². The van der Waals surface area contributed by atoms with E-state index in [0.29, 0.717) is 11.8 Å². The third kappa shape index (κ3) is 2.18. The number of aliphatic carboxylic acids is 1. The molecule has 0 spiro atoms. The first-order valence-electron chi connectivity index (χ1n) is 8.89. The molecular formula is C20H30O2. The summed E-state index contributed by atoms with van der Waals surface area (Å²) >= 11 is 0. The number of carboxylic acid groups (broad SMARTS) is 1. The first-order chi connectivity index (χ1) is 10.3. The molecule has 2 heteroatoms. The van der Waals surface area contributed by atoms with Crippen molar-refractivity contribution in [1.29, 1.82) is 0 Å². The average molecular weight is 302 g/mol. The van der Waals surface area contributed by atoms with Crippen molar-refractivity contribution in [2.45, 2.75) is 72.6 Å². The minimum Gasteiger partial charge on any atom is -0.481 e. The Kier molecular flexibility index (Phi) is 3.78. The first kappa shape index (κ1) is 15.8. The molecule has 0 bridgehead atoms. The summed E-state index contributed by atoms with van der Waals surface area (Å²) in [5.41, 5.74) is 4.23. The van der Waals surface area contributed by atoms with Crippen molar-refractivity contribution in [2.75, 3.05) is 0 Å². The van der Waals surface area contributed by atoms with Gasteiger partial charge in [0, 0.05) is 0 Å². The van der Waals surface area contributed by atoms with Crippen molar-refractivity contribution in [1.82, 2.24) is 0 Å². The first-order valence-corrected chi connectivity index (χ1v) is 8.89. The van der Waals surface area contributed by atoms with Crippen LogP contribution in [-0.4, -0.2) is 11.1 Å². The molecule has 0 amide bonds. The highest BCUT2D eigenvalue weighted by atomic mass is 16.4. The largest absolute Gasteiger partial charge is 0.481 e. The molecule has 22 heavy (non-hydrogen) atoms. The van der Waals surface area contributed by atoms with Gasteiger partial charge in [-0.25, -0.2) is 0 Å². The lowest BCUT2D eigenvalue weighted by molar-refractivity contribution is -0.164. The highest BCUT2D eigenvalue weighted by Gasteiger charge is 2.57. The van der Waals surface area contributed by atoms with Crippen molar-refractivity contribution in [2.24, 2.45) is 22.7 Å². The molecule has 2 nitrogen and oxygen atoms in total. The summed E-state index contributed by atoms with van der Waals surface area (Å²) in [6.45, 7) is 8.82. The zero-order chi connectivity index (χ0) is 16.1. The van der Waals surface area contributed by atoms with E-state index in [0.717, 1.165) is 25.7 Å². The molecule has 0 saturated heterocycles. The van der Waals surface area contributed by atoms with Gasteiger partial charge in [-0.05, 0) is 82.1 Å². The minimum atomic E-state index is -0.573. The fourth-order valence-electron chi connectivity index (χ4n) is 5.82. The van der Waals surface area contributed by atoms with Crippen LogP contribution in [0.15, 0.2) is 22.8 Å². The predicted octanol–water partition coefficient (Wildman–Crippen LogP) is 5.35. The third-order valence-corrected chi connectivity index (χ3v) is 7.13. The second kappa shape index (κ2) is 5.25. The summed E-state index contributed by atoms with van der Waals surface area (Å²) in [5.74, 6) is 0.367. The van der Waals surface area contributed by atoms with E-state index >= 15 is 0 Å². The molecule has 0 aromatic heterocycles. The number of fused-ring (bicyclic) bond motifs is 3. The van der Waals surface area contributed by atoms with E-state index in [4.69, 9.17) is 0 Å². The maximum Gasteiger partial charge on any atom is 0.309 e. The number of carboxylic acids is 1. The lowest BCUT2D eigenvalue weighted by Crippen LogP contribution is -2.53. The fourth-order valence-corrected chi connectivity index (χ4v) is 5.82. The SMILES string of the molecule is CC(C)=C1C=C2CC[C@@H]3[C@](C)(CCC[C@@]3(C)C(=O)O)[C@H]2CC1. The Balaban J connectivity index is 1.99. The molecule has 1 N–H and O–H groups in total. The van der Waals surface area contributed by atoms with Crippen LogP contribution in [0.4, 0.5) is 0 Å². The minimum absolute atomic E-state index is 0.183. The Morgan fingerprint density at radius 3 is 2.55 bits per heavy atom. The molecule has 122 valence electrons. The highest BCUT2D eigenvalue weighted by Crippen LogP contribution is 2.63. The van der Waals surface area contributed by atoms with E-state index in [2.05, 4.69) is 26.8 Å². The van der Waals surface area contributed by atoms with Crippen LogP contribution < -0.4 is 0 Å². The van der Waals surface area contributed by atoms with Gasteiger partial charge in [0.1, 0.15) is 0 Å². The van der Waals surface area contributed by atoms with Crippen LogP contribution in [0.2, 0.25) is 0 Å². The quantitative estimate of drug-likeness (QED) is 0.709. The van der Waals surface area contributed by atoms with Gasteiger partial charge < -0.3 is 5.11 Å². The fraction of sp³-hybridized carbons (Fsp3) is 0.750. The van der Waals surface area contributed by atoms with Gasteiger partial charge in [-0.3, -0.25) is 4.79 Å². The molecule has 3 aliphatic carbocycles. The second-order valence-electron chi connectivity index (χ2n) is 8.51. The van der Waals surface area contributed by atoms with Gasteiger partial charge in [-0.15, -0.1) is 0 Å². The van der Waals surface area contributed by atoms with Crippen molar-refractivity contribution >= 4 is 5.97 Å². The summed E-state index contributed by atoms with van der Waals surface area (Å²) in [4.78, 5) is 12.0. The summed E-state index contributed by atoms with van der Waals surface area (Å²) in [6.07, 6.45) is 10.1. The monoisotopic (exact) mass is 302 g/mol. The van der Waals surface area contributed by atoms with E-state index in [1.54, 1.807) is 5.57 Å². The van der Waals surface area contributed by atoms with Crippen LogP contribution >= 0.6 is 0 Å². The smallest absolute Gasteiger partial charge is 0.309 e. The molecule has 0 radical (unpaired) electrons. The van der Waals surface area contributed by atoms with Crippen LogP contribution in [0, 0.1) is 22.7 Å². The van der Waals surface area contributed by atoms with Crippen molar-refractivity contribution in [3.63, 3.8) is 0 Å². The van der Waals surface area contributed by atoms with Gasteiger partial charge in [0.25, 0.3) is 0 Å². The molecule has 0 heterocycles. The lowest BCUT2D eigenvalue weighted by Gasteiger charge is -2.58. The summed E-state index contributed by atoms with van der Waals surface area (Å²) in [5, 5.41) is 9.84. The van der Waals surface area contributed by atoms with Gasteiger partial charge in [0.15, 0.2) is 0 Å². The Morgan fingerprint density at radius 1 is 1.18 bits per heavy atom. The standard InChI is InChI=1S/C20H30O2/c1-13(2)14-6-8-16-15(12-14)7-9-17-19(16,3)10-5-11-20(17,4)18(21)22/h12,16-17H,5-11H2,1-4H3,(H,21,22)/t16-,17+,19+,20+/m0/s1. The Labute approximate surface area is 134 Å².